The minimum atomic E-state index is -1.19. The second-order valence-corrected chi connectivity index (χ2v) is 4.94. The van der Waals surface area contributed by atoms with Gasteiger partial charge in [-0.2, -0.15) is 0 Å². The van der Waals surface area contributed by atoms with Crippen molar-refractivity contribution < 1.29 is 19.8 Å². The van der Waals surface area contributed by atoms with E-state index in [1.165, 1.54) is 6.20 Å². The molecule has 0 aliphatic carbocycles. The Labute approximate surface area is 121 Å². The second-order valence-electron chi connectivity index (χ2n) is 4.94. The van der Waals surface area contributed by atoms with Crippen molar-refractivity contribution in [1.82, 2.24) is 25.6 Å². The summed E-state index contributed by atoms with van der Waals surface area (Å²) in [7, 11) is 0. The Kier molecular flexibility index (Phi) is 5.23. The lowest BCUT2D eigenvalue weighted by molar-refractivity contribution is -0.139. The van der Waals surface area contributed by atoms with Crippen molar-refractivity contribution in [3.8, 4) is 0 Å². The predicted molar refractivity (Wildman–Crippen MR) is 71.8 cm³/mol. The van der Waals surface area contributed by atoms with Gasteiger partial charge in [-0.25, -0.2) is 9.48 Å². The van der Waals surface area contributed by atoms with Gasteiger partial charge in [0.25, 0.3) is 5.91 Å². The molecular formula is C12H19N5O4. The standard InChI is InChI=1S/C12H19N5O4/c18-6-3-9(12(20)21)14-11(19)10-7-17(16-15-10)8-1-4-13-5-2-8/h7-9,13,18H,1-6H2,(H,14,19)(H,20,21)/t9-/m1/s1. The first-order valence-electron chi connectivity index (χ1n) is 6.89. The van der Waals surface area contributed by atoms with E-state index in [0.29, 0.717) is 0 Å². The van der Waals surface area contributed by atoms with Crippen molar-refractivity contribution in [3.63, 3.8) is 0 Å². The summed E-state index contributed by atoms with van der Waals surface area (Å²) in [5.41, 5.74) is 0.0812. The number of carbonyl (C=O) groups excluding carboxylic acids is 1. The summed E-state index contributed by atoms with van der Waals surface area (Å²) in [6.07, 6.45) is 3.30. The molecule has 0 bridgehead atoms. The van der Waals surface area contributed by atoms with Crippen molar-refractivity contribution >= 4 is 11.9 Å². The van der Waals surface area contributed by atoms with Crippen LogP contribution in [0.15, 0.2) is 6.20 Å². The SMILES string of the molecule is O=C(N[C@H](CCO)C(=O)O)c1cn(C2CCNCC2)nn1. The topological polar surface area (TPSA) is 129 Å². The first-order valence-corrected chi connectivity index (χ1v) is 6.89. The third-order valence-corrected chi connectivity index (χ3v) is 3.45. The molecule has 0 radical (unpaired) electrons. The highest BCUT2D eigenvalue weighted by atomic mass is 16.4. The molecule has 0 saturated carbocycles. The minimum Gasteiger partial charge on any atom is -0.480 e. The molecule has 1 fully saturated rings. The Hall–Kier alpha value is -2.00. The number of carbonyl (C=O) groups is 2. The van der Waals surface area contributed by atoms with Crippen LogP contribution in [0, 0.1) is 0 Å². The number of aliphatic hydroxyl groups is 1. The van der Waals surface area contributed by atoms with Crippen LogP contribution in [0.4, 0.5) is 0 Å². The number of rotatable bonds is 6. The Morgan fingerprint density at radius 1 is 1.48 bits per heavy atom. The Balaban J connectivity index is 1.99. The number of aliphatic hydroxyl groups excluding tert-OH is 1. The average molecular weight is 297 g/mol. The molecule has 1 atom stereocenters. The molecule has 0 spiro atoms. The van der Waals surface area contributed by atoms with Gasteiger partial charge in [0.05, 0.1) is 12.2 Å². The average Bonchev–Trinajstić information content (AvgIpc) is 2.97. The van der Waals surface area contributed by atoms with Crippen molar-refractivity contribution in [1.29, 1.82) is 0 Å². The number of aromatic nitrogens is 3. The lowest BCUT2D eigenvalue weighted by atomic mass is 10.1. The van der Waals surface area contributed by atoms with Gasteiger partial charge >= 0.3 is 5.97 Å². The minimum absolute atomic E-state index is 0.0521. The van der Waals surface area contributed by atoms with E-state index < -0.39 is 17.9 Å². The zero-order valence-corrected chi connectivity index (χ0v) is 11.5. The zero-order chi connectivity index (χ0) is 15.2. The molecule has 116 valence electrons. The molecule has 9 nitrogen and oxygen atoms in total. The molecule has 1 saturated heterocycles. The lowest BCUT2D eigenvalue weighted by Gasteiger charge is -2.22. The Morgan fingerprint density at radius 2 is 2.19 bits per heavy atom. The van der Waals surface area contributed by atoms with Crippen LogP contribution in [0.2, 0.25) is 0 Å². The maximum atomic E-state index is 11.9. The fourth-order valence-corrected chi connectivity index (χ4v) is 2.25. The molecule has 1 aliphatic heterocycles. The summed E-state index contributed by atoms with van der Waals surface area (Å²) >= 11 is 0. The Morgan fingerprint density at radius 3 is 2.81 bits per heavy atom. The van der Waals surface area contributed by atoms with E-state index in [0.717, 1.165) is 25.9 Å². The predicted octanol–water partition coefficient (Wildman–Crippen LogP) is -1.23. The number of nitrogens with one attached hydrogen (secondary N) is 2. The maximum absolute atomic E-state index is 11.9. The number of hydrogen-bond acceptors (Lipinski definition) is 6. The number of piperidine rings is 1. The van der Waals surface area contributed by atoms with Crippen LogP contribution < -0.4 is 10.6 Å². The normalized spacial score (nSPS) is 17.4. The van der Waals surface area contributed by atoms with E-state index in [4.69, 9.17) is 10.2 Å². The third kappa shape index (κ3) is 3.99. The van der Waals surface area contributed by atoms with E-state index in [1.807, 2.05) is 0 Å². The fourth-order valence-electron chi connectivity index (χ4n) is 2.25. The second kappa shape index (κ2) is 7.14. The summed E-state index contributed by atoms with van der Waals surface area (Å²) in [4.78, 5) is 22.9. The molecule has 4 N–H and O–H groups in total. The molecule has 0 aromatic carbocycles. The molecule has 21 heavy (non-hydrogen) atoms. The monoisotopic (exact) mass is 297 g/mol. The van der Waals surface area contributed by atoms with Crippen molar-refractivity contribution in [3.05, 3.63) is 11.9 Å². The molecule has 2 rings (SSSR count). The summed E-state index contributed by atoms with van der Waals surface area (Å²) < 4.78 is 1.65. The molecule has 2 heterocycles. The summed E-state index contributed by atoms with van der Waals surface area (Å²) in [5, 5.41) is 31.0. The lowest BCUT2D eigenvalue weighted by Crippen LogP contribution is -2.41. The molecule has 9 heteroatoms. The summed E-state index contributed by atoms with van der Waals surface area (Å²) in [6, 6.07) is -0.931. The highest BCUT2D eigenvalue weighted by molar-refractivity contribution is 5.94. The zero-order valence-electron chi connectivity index (χ0n) is 11.5. The molecule has 1 aromatic rings. The maximum Gasteiger partial charge on any atom is 0.326 e. The molecule has 1 aliphatic rings. The van der Waals surface area contributed by atoms with Gasteiger partial charge in [0.15, 0.2) is 5.69 Å². The highest BCUT2D eigenvalue weighted by Gasteiger charge is 2.23. The molecule has 1 amide bonds. The first-order chi connectivity index (χ1) is 10.1. The van der Waals surface area contributed by atoms with Crippen LogP contribution in [0.5, 0.6) is 0 Å². The van der Waals surface area contributed by atoms with E-state index in [-0.39, 0.29) is 24.8 Å². The summed E-state index contributed by atoms with van der Waals surface area (Å²) in [6.45, 7) is 1.46. The van der Waals surface area contributed by atoms with Crippen molar-refractivity contribution in [2.24, 2.45) is 0 Å². The quantitative estimate of drug-likeness (QED) is 0.517. The number of carboxylic acids is 1. The van der Waals surface area contributed by atoms with E-state index in [1.54, 1.807) is 4.68 Å². The number of amides is 1. The van der Waals surface area contributed by atoms with Gasteiger partial charge in [-0.1, -0.05) is 5.21 Å². The van der Waals surface area contributed by atoms with E-state index in [2.05, 4.69) is 20.9 Å². The third-order valence-electron chi connectivity index (χ3n) is 3.45. The van der Waals surface area contributed by atoms with Crippen LogP contribution in [-0.2, 0) is 4.79 Å². The van der Waals surface area contributed by atoms with Gasteiger partial charge in [0.2, 0.25) is 0 Å². The van der Waals surface area contributed by atoms with Crippen LogP contribution in [0.3, 0.4) is 0 Å². The number of nitrogens with zero attached hydrogens (tertiary/aromatic N) is 3. The molecule has 0 unspecified atom stereocenters. The largest absolute Gasteiger partial charge is 0.480 e. The van der Waals surface area contributed by atoms with E-state index in [9.17, 15) is 9.59 Å². The van der Waals surface area contributed by atoms with Crippen molar-refractivity contribution in [2.75, 3.05) is 19.7 Å². The van der Waals surface area contributed by atoms with Gasteiger partial charge in [0, 0.05) is 13.0 Å². The van der Waals surface area contributed by atoms with Gasteiger partial charge in [0.1, 0.15) is 6.04 Å². The van der Waals surface area contributed by atoms with Crippen LogP contribution >= 0.6 is 0 Å². The van der Waals surface area contributed by atoms with Gasteiger partial charge < -0.3 is 20.8 Å². The van der Waals surface area contributed by atoms with Gasteiger partial charge in [-0.05, 0) is 25.9 Å². The van der Waals surface area contributed by atoms with Crippen molar-refractivity contribution in [2.45, 2.75) is 31.3 Å². The Bertz CT molecular complexity index is 498. The van der Waals surface area contributed by atoms with Gasteiger partial charge in [-0.15, -0.1) is 5.10 Å². The highest BCUT2D eigenvalue weighted by Crippen LogP contribution is 2.17. The smallest absolute Gasteiger partial charge is 0.326 e. The summed E-state index contributed by atoms with van der Waals surface area (Å²) in [5.74, 6) is -1.79. The number of carboxylic acid groups (broad SMARTS) is 1. The van der Waals surface area contributed by atoms with E-state index >= 15 is 0 Å². The number of hydrogen-bond donors (Lipinski definition) is 4. The number of aliphatic carboxylic acids is 1. The van der Waals surface area contributed by atoms with Gasteiger partial charge in [-0.3, -0.25) is 4.79 Å². The fraction of sp³-hybridized carbons (Fsp3) is 0.667. The molecular weight excluding hydrogens is 278 g/mol. The first kappa shape index (κ1) is 15.4. The van der Waals surface area contributed by atoms with Crippen LogP contribution in [0.1, 0.15) is 35.8 Å². The molecule has 1 aromatic heterocycles. The van der Waals surface area contributed by atoms with Crippen LogP contribution in [-0.4, -0.2) is 62.8 Å². The van der Waals surface area contributed by atoms with Crippen LogP contribution in [0.25, 0.3) is 0 Å².